The number of pyridine rings is 1. The van der Waals surface area contributed by atoms with Crippen LogP contribution >= 0.6 is 12.2 Å². The van der Waals surface area contributed by atoms with Crippen LogP contribution in [0.3, 0.4) is 0 Å². The Kier molecular flexibility index (Phi) is 4.31. The largest absolute Gasteiger partial charge is 0.366 e. The monoisotopic (exact) mass is 409 g/mol. The number of rotatable bonds is 3. The fourth-order valence-corrected chi connectivity index (χ4v) is 4.31. The zero-order valence-corrected chi connectivity index (χ0v) is 16.3. The van der Waals surface area contributed by atoms with Crippen LogP contribution in [0.2, 0.25) is 0 Å². The van der Waals surface area contributed by atoms with E-state index in [0.717, 1.165) is 6.42 Å². The zero-order valence-electron chi connectivity index (χ0n) is 15.5. The number of carbonyl (C=O) groups excluding carboxylic acids is 2. The molecule has 146 valence electrons. The van der Waals surface area contributed by atoms with Crippen LogP contribution in [0.4, 0.5) is 21.6 Å². The lowest BCUT2D eigenvalue weighted by molar-refractivity contribution is -0.123. The Labute approximate surface area is 171 Å². The number of aryl methyl sites for hydroxylation is 1. The second-order valence-electron chi connectivity index (χ2n) is 7.12. The van der Waals surface area contributed by atoms with Gasteiger partial charge in [0, 0.05) is 5.69 Å². The minimum Gasteiger partial charge on any atom is -0.366 e. The van der Waals surface area contributed by atoms with Crippen LogP contribution in [0.25, 0.3) is 4.85 Å². The molecule has 2 aromatic rings. The first-order valence-electron chi connectivity index (χ1n) is 8.92. The predicted molar refractivity (Wildman–Crippen MR) is 109 cm³/mol. The Morgan fingerprint density at radius 2 is 2.07 bits per heavy atom. The van der Waals surface area contributed by atoms with Gasteiger partial charge in [0.2, 0.25) is 0 Å². The van der Waals surface area contributed by atoms with Gasteiger partial charge >= 0.3 is 0 Å². The molecule has 2 N–H and O–H groups in total. The summed E-state index contributed by atoms with van der Waals surface area (Å²) in [6.45, 7) is 8.88. The number of hydrogen-bond acceptors (Lipinski definition) is 4. The molecule has 1 saturated carbocycles. The summed E-state index contributed by atoms with van der Waals surface area (Å²) in [5.41, 5.74) is 5.56. The van der Waals surface area contributed by atoms with E-state index < -0.39 is 17.3 Å². The maximum atomic E-state index is 14.4. The van der Waals surface area contributed by atoms with Crippen molar-refractivity contribution in [2.45, 2.75) is 31.7 Å². The van der Waals surface area contributed by atoms with Crippen LogP contribution < -0.4 is 15.5 Å². The minimum absolute atomic E-state index is 0.204. The molecule has 1 aromatic carbocycles. The summed E-state index contributed by atoms with van der Waals surface area (Å²) in [6, 6.07) is 5.70. The van der Waals surface area contributed by atoms with Crippen molar-refractivity contribution in [2.24, 2.45) is 5.73 Å². The van der Waals surface area contributed by atoms with Crippen molar-refractivity contribution >= 4 is 46.3 Å². The SMILES string of the molecule is [C-]#[N+]c1ncc(N2C(=O)C3(CCC3)N(c3ccc(C(N)=O)c(F)c3)C2=S)cc1C. The zero-order chi connectivity index (χ0) is 20.9. The summed E-state index contributed by atoms with van der Waals surface area (Å²) in [5, 5.41) is 0.206. The number of nitrogens with two attached hydrogens (primary N) is 1. The van der Waals surface area contributed by atoms with E-state index in [1.807, 2.05) is 0 Å². The number of thiocarbonyl (C=S) groups is 1. The second-order valence-corrected chi connectivity index (χ2v) is 7.48. The highest BCUT2D eigenvalue weighted by molar-refractivity contribution is 7.81. The molecule has 1 aromatic heterocycles. The van der Waals surface area contributed by atoms with Crippen molar-refractivity contribution in [1.82, 2.24) is 4.98 Å². The standard InChI is InChI=1S/C20H16FN5O2S/c1-11-8-13(10-24-17(11)23-2)25-18(28)20(6-3-7-20)26(19(25)29)12-4-5-14(16(22)27)15(21)9-12/h4-5,8-10H,3,6-7H2,1H3,(H2,22,27). The first-order chi connectivity index (χ1) is 13.8. The summed E-state index contributed by atoms with van der Waals surface area (Å²) in [4.78, 5) is 35.2. The topological polar surface area (TPSA) is 83.9 Å². The second kappa shape index (κ2) is 6.60. The molecule has 2 heterocycles. The molecular weight excluding hydrogens is 393 g/mol. The van der Waals surface area contributed by atoms with Gasteiger partial charge in [0.15, 0.2) is 5.11 Å². The van der Waals surface area contributed by atoms with Crippen molar-refractivity contribution in [3.05, 3.63) is 58.8 Å². The van der Waals surface area contributed by atoms with Crippen molar-refractivity contribution in [2.75, 3.05) is 9.80 Å². The molecule has 0 bridgehead atoms. The summed E-state index contributed by atoms with van der Waals surface area (Å²) in [7, 11) is 0. The Balaban J connectivity index is 1.80. The number of anilines is 2. The minimum atomic E-state index is -0.885. The summed E-state index contributed by atoms with van der Waals surface area (Å²) in [5.74, 6) is -1.58. The number of aromatic nitrogens is 1. The van der Waals surface area contributed by atoms with Crippen LogP contribution in [0.1, 0.15) is 35.2 Å². The number of hydrogen-bond donors (Lipinski definition) is 1. The van der Waals surface area contributed by atoms with E-state index in [4.69, 9.17) is 24.5 Å². The maximum absolute atomic E-state index is 14.4. The fourth-order valence-electron chi connectivity index (χ4n) is 3.84. The molecule has 0 radical (unpaired) electrons. The molecule has 2 fully saturated rings. The van der Waals surface area contributed by atoms with Crippen molar-refractivity contribution in [3.63, 3.8) is 0 Å². The molecule has 2 amide bonds. The van der Waals surface area contributed by atoms with E-state index in [1.54, 1.807) is 17.9 Å². The molecule has 9 heteroatoms. The average molecular weight is 409 g/mol. The fraction of sp³-hybridized carbons (Fsp3) is 0.250. The molecule has 2 aliphatic rings. The predicted octanol–water partition coefficient (Wildman–Crippen LogP) is 3.24. The van der Waals surface area contributed by atoms with Crippen molar-refractivity contribution in [3.8, 4) is 0 Å². The molecular formula is C20H16FN5O2S. The molecule has 1 aliphatic carbocycles. The number of nitrogens with zero attached hydrogens (tertiary/aromatic N) is 4. The normalized spacial score (nSPS) is 17.4. The average Bonchev–Trinajstić information content (AvgIpc) is 2.88. The third kappa shape index (κ3) is 2.68. The van der Waals surface area contributed by atoms with E-state index in [9.17, 15) is 14.0 Å². The van der Waals surface area contributed by atoms with Gasteiger partial charge in [-0.1, -0.05) is 6.57 Å². The summed E-state index contributed by atoms with van der Waals surface area (Å²) in [6.07, 6.45) is 3.44. The number of amides is 2. The van der Waals surface area contributed by atoms with E-state index >= 15 is 0 Å². The molecule has 7 nitrogen and oxygen atoms in total. The van der Waals surface area contributed by atoms with E-state index in [1.165, 1.54) is 29.3 Å². The highest BCUT2D eigenvalue weighted by Gasteiger charge is 2.59. The third-order valence-corrected chi connectivity index (χ3v) is 5.83. The van der Waals surface area contributed by atoms with Gasteiger partial charge in [0.25, 0.3) is 17.6 Å². The van der Waals surface area contributed by atoms with Gasteiger partial charge in [0.1, 0.15) is 17.6 Å². The van der Waals surface area contributed by atoms with Gasteiger partial charge in [-0.25, -0.2) is 4.39 Å². The van der Waals surface area contributed by atoms with Crippen LogP contribution in [-0.4, -0.2) is 27.4 Å². The van der Waals surface area contributed by atoms with Crippen molar-refractivity contribution < 1.29 is 14.0 Å². The van der Waals surface area contributed by atoms with Gasteiger partial charge in [-0.15, -0.1) is 4.98 Å². The van der Waals surface area contributed by atoms with Gasteiger partial charge in [-0.2, -0.15) is 0 Å². The lowest BCUT2D eigenvalue weighted by Crippen LogP contribution is -2.55. The maximum Gasteiger partial charge on any atom is 0.272 e. The quantitative estimate of drug-likeness (QED) is 0.622. The first-order valence-corrected chi connectivity index (χ1v) is 9.33. The molecule has 0 atom stereocenters. The van der Waals surface area contributed by atoms with Gasteiger partial charge < -0.3 is 15.5 Å². The van der Waals surface area contributed by atoms with Gasteiger partial charge in [-0.3, -0.25) is 14.5 Å². The number of benzene rings is 1. The Morgan fingerprint density at radius 1 is 1.34 bits per heavy atom. The van der Waals surface area contributed by atoms with E-state index in [2.05, 4.69) is 9.83 Å². The van der Waals surface area contributed by atoms with Crippen molar-refractivity contribution in [1.29, 1.82) is 0 Å². The highest BCUT2D eigenvalue weighted by atomic mass is 32.1. The molecule has 0 unspecified atom stereocenters. The number of primary amides is 1. The third-order valence-electron chi connectivity index (χ3n) is 5.47. The van der Waals surface area contributed by atoms with Crippen LogP contribution in [0.5, 0.6) is 0 Å². The number of halogens is 1. The summed E-state index contributed by atoms with van der Waals surface area (Å²) < 4.78 is 14.4. The van der Waals surface area contributed by atoms with E-state index in [0.29, 0.717) is 29.8 Å². The lowest BCUT2D eigenvalue weighted by atomic mass is 9.75. The Bertz CT molecular complexity index is 1120. The van der Waals surface area contributed by atoms with Gasteiger partial charge in [-0.05, 0) is 68.2 Å². The Hall–Kier alpha value is -3.38. The molecule has 1 aliphatic heterocycles. The number of carbonyl (C=O) groups is 2. The Morgan fingerprint density at radius 3 is 2.59 bits per heavy atom. The van der Waals surface area contributed by atoms with Crippen LogP contribution in [0.15, 0.2) is 30.5 Å². The molecule has 1 spiro atoms. The van der Waals surface area contributed by atoms with Crippen LogP contribution in [-0.2, 0) is 4.79 Å². The highest BCUT2D eigenvalue weighted by Crippen LogP contribution is 2.48. The van der Waals surface area contributed by atoms with E-state index in [-0.39, 0.29) is 22.4 Å². The first kappa shape index (κ1) is 19.0. The summed E-state index contributed by atoms with van der Waals surface area (Å²) >= 11 is 5.61. The lowest BCUT2D eigenvalue weighted by Gasteiger charge is -2.43. The molecule has 4 rings (SSSR count). The smallest absolute Gasteiger partial charge is 0.272 e. The van der Waals surface area contributed by atoms with Crippen LogP contribution in [0, 0.1) is 19.3 Å². The molecule has 1 saturated heterocycles. The van der Waals surface area contributed by atoms with Gasteiger partial charge in [0.05, 0.1) is 11.3 Å². The molecule has 29 heavy (non-hydrogen) atoms.